The summed E-state index contributed by atoms with van der Waals surface area (Å²) in [6.45, 7) is 0.459. The fraction of sp³-hybridized carbons (Fsp3) is 0.130. The summed E-state index contributed by atoms with van der Waals surface area (Å²) < 4.78 is 7.43. The molecule has 4 aromatic rings. The first-order valence-electron chi connectivity index (χ1n) is 9.88. The van der Waals surface area contributed by atoms with Gasteiger partial charge in [0.1, 0.15) is 5.75 Å². The molecule has 0 aliphatic carbocycles. The molecule has 0 amide bonds. The Morgan fingerprint density at radius 3 is 2.44 bits per heavy atom. The summed E-state index contributed by atoms with van der Waals surface area (Å²) in [5.74, 6) is 2.13. The van der Waals surface area contributed by atoms with Crippen molar-refractivity contribution in [3.05, 3.63) is 100 Å². The summed E-state index contributed by atoms with van der Waals surface area (Å²) >= 11 is 1.53. The lowest BCUT2D eigenvalue weighted by molar-refractivity contribution is -0.384. The maximum Gasteiger partial charge on any atom is 0.269 e. The second-order valence-electron chi connectivity index (χ2n) is 6.84. The molecule has 162 valence electrons. The highest BCUT2D eigenvalue weighted by Crippen LogP contribution is 2.28. The Balaban J connectivity index is 1.56. The summed E-state index contributed by atoms with van der Waals surface area (Å²) in [6.07, 6.45) is 0. The van der Waals surface area contributed by atoms with Crippen molar-refractivity contribution in [3.63, 3.8) is 0 Å². The summed E-state index contributed by atoms with van der Waals surface area (Å²) in [5, 5.41) is 23.8. The van der Waals surface area contributed by atoms with Crippen molar-refractivity contribution in [2.24, 2.45) is 0 Å². The quantitative estimate of drug-likeness (QED) is 0.217. The molecule has 0 bridgehead atoms. The minimum Gasteiger partial charge on any atom is -0.495 e. The van der Waals surface area contributed by atoms with Crippen LogP contribution in [-0.4, -0.2) is 26.8 Å². The SMILES string of the molecule is COc1ccccc1NCc1nnc(SCc2ccc([N+](=O)[O-])cc2)n1-c1ccccc1. The zero-order valence-corrected chi connectivity index (χ0v) is 18.2. The maximum atomic E-state index is 10.9. The molecule has 0 radical (unpaired) electrons. The number of benzene rings is 3. The van der Waals surface area contributed by atoms with Crippen LogP contribution in [0.3, 0.4) is 0 Å². The number of nitro benzene ring substituents is 1. The average molecular weight is 448 g/mol. The van der Waals surface area contributed by atoms with Gasteiger partial charge in [0.15, 0.2) is 11.0 Å². The van der Waals surface area contributed by atoms with Crippen molar-refractivity contribution in [2.45, 2.75) is 17.5 Å². The number of anilines is 1. The summed E-state index contributed by atoms with van der Waals surface area (Å²) in [5.41, 5.74) is 2.88. The molecule has 0 aliphatic rings. The number of non-ortho nitro benzene ring substituents is 1. The Bertz CT molecular complexity index is 1200. The summed E-state index contributed by atoms with van der Waals surface area (Å²) in [7, 11) is 1.64. The summed E-state index contributed by atoms with van der Waals surface area (Å²) in [4.78, 5) is 10.5. The molecule has 1 aromatic heterocycles. The maximum absolute atomic E-state index is 10.9. The van der Waals surface area contributed by atoms with Gasteiger partial charge in [-0.2, -0.15) is 0 Å². The fourth-order valence-electron chi connectivity index (χ4n) is 3.17. The number of para-hydroxylation sites is 3. The van der Waals surface area contributed by atoms with Crippen LogP contribution < -0.4 is 10.1 Å². The molecule has 0 saturated heterocycles. The van der Waals surface area contributed by atoms with Crippen LogP contribution >= 0.6 is 11.8 Å². The van der Waals surface area contributed by atoms with E-state index in [-0.39, 0.29) is 5.69 Å². The number of nitrogens with zero attached hydrogens (tertiary/aromatic N) is 4. The number of nitro groups is 1. The van der Waals surface area contributed by atoms with E-state index in [0.717, 1.165) is 33.7 Å². The molecule has 8 nitrogen and oxygen atoms in total. The number of ether oxygens (including phenoxy) is 1. The molecule has 3 aromatic carbocycles. The van der Waals surface area contributed by atoms with E-state index in [1.165, 1.54) is 23.9 Å². The molecule has 9 heteroatoms. The molecular weight excluding hydrogens is 426 g/mol. The van der Waals surface area contributed by atoms with Gasteiger partial charge in [-0.05, 0) is 29.8 Å². The molecule has 0 unspecified atom stereocenters. The van der Waals surface area contributed by atoms with E-state index in [9.17, 15) is 10.1 Å². The number of rotatable bonds is 9. The first kappa shape index (κ1) is 21.4. The van der Waals surface area contributed by atoms with E-state index in [2.05, 4.69) is 15.5 Å². The number of hydrogen-bond donors (Lipinski definition) is 1. The van der Waals surface area contributed by atoms with Crippen LogP contribution in [0.5, 0.6) is 5.75 Å². The number of thioether (sulfide) groups is 1. The summed E-state index contributed by atoms with van der Waals surface area (Å²) in [6, 6.07) is 24.2. The van der Waals surface area contributed by atoms with Gasteiger partial charge in [0.05, 0.1) is 24.3 Å². The normalized spacial score (nSPS) is 10.7. The third-order valence-corrected chi connectivity index (χ3v) is 5.77. The monoisotopic (exact) mass is 447 g/mol. The van der Waals surface area contributed by atoms with Gasteiger partial charge >= 0.3 is 0 Å². The van der Waals surface area contributed by atoms with E-state index in [0.29, 0.717) is 12.3 Å². The van der Waals surface area contributed by atoms with E-state index < -0.39 is 4.92 Å². The number of nitrogens with one attached hydrogen (secondary N) is 1. The van der Waals surface area contributed by atoms with Crippen LogP contribution in [0.2, 0.25) is 0 Å². The second kappa shape index (κ2) is 9.97. The molecule has 32 heavy (non-hydrogen) atoms. The van der Waals surface area contributed by atoms with E-state index in [1.54, 1.807) is 19.2 Å². The number of methoxy groups -OCH3 is 1. The van der Waals surface area contributed by atoms with Crippen LogP contribution in [0.15, 0.2) is 84.0 Å². The predicted molar refractivity (Wildman–Crippen MR) is 124 cm³/mol. The molecule has 4 rings (SSSR count). The molecule has 0 saturated carbocycles. The van der Waals surface area contributed by atoms with Gasteiger partial charge in [-0.1, -0.05) is 54.2 Å². The molecule has 1 heterocycles. The Morgan fingerprint density at radius 2 is 1.72 bits per heavy atom. The number of aromatic nitrogens is 3. The molecule has 0 spiro atoms. The highest BCUT2D eigenvalue weighted by atomic mass is 32.2. The smallest absolute Gasteiger partial charge is 0.269 e. The first-order chi connectivity index (χ1) is 15.7. The zero-order chi connectivity index (χ0) is 22.3. The molecule has 0 fully saturated rings. The Kier molecular flexibility index (Phi) is 6.66. The van der Waals surface area contributed by atoms with Gasteiger partial charge in [0, 0.05) is 23.6 Å². The van der Waals surface area contributed by atoms with Crippen molar-refractivity contribution in [3.8, 4) is 11.4 Å². The van der Waals surface area contributed by atoms with Crippen LogP contribution in [0.25, 0.3) is 5.69 Å². The highest BCUT2D eigenvalue weighted by molar-refractivity contribution is 7.98. The van der Waals surface area contributed by atoms with Crippen LogP contribution in [0.1, 0.15) is 11.4 Å². The van der Waals surface area contributed by atoms with E-state index in [4.69, 9.17) is 4.74 Å². The molecule has 0 atom stereocenters. The predicted octanol–water partition coefficient (Wildman–Crippen LogP) is 5.09. The van der Waals surface area contributed by atoms with Gasteiger partial charge in [-0.3, -0.25) is 14.7 Å². The Labute approximate surface area is 189 Å². The third-order valence-electron chi connectivity index (χ3n) is 4.77. The van der Waals surface area contributed by atoms with Crippen molar-refractivity contribution >= 4 is 23.1 Å². The lowest BCUT2D eigenvalue weighted by Crippen LogP contribution is -2.09. The van der Waals surface area contributed by atoms with Gasteiger partial charge in [0.2, 0.25) is 0 Å². The lowest BCUT2D eigenvalue weighted by Gasteiger charge is -2.13. The fourth-order valence-corrected chi connectivity index (χ4v) is 4.10. The third kappa shape index (κ3) is 4.89. The minimum atomic E-state index is -0.399. The standard InChI is InChI=1S/C23H21N5O3S/c1-31-21-10-6-5-9-20(21)24-15-22-25-26-23(27(22)18-7-3-2-4-8-18)32-16-17-11-13-19(14-12-17)28(29)30/h2-14,24H,15-16H2,1H3. The van der Waals surface area contributed by atoms with Gasteiger partial charge < -0.3 is 10.1 Å². The van der Waals surface area contributed by atoms with Crippen LogP contribution in [-0.2, 0) is 12.3 Å². The molecular formula is C23H21N5O3S. The van der Waals surface area contributed by atoms with Crippen LogP contribution in [0, 0.1) is 10.1 Å². The van der Waals surface area contributed by atoms with Crippen molar-refractivity contribution in [2.75, 3.05) is 12.4 Å². The average Bonchev–Trinajstić information content (AvgIpc) is 3.25. The van der Waals surface area contributed by atoms with E-state index >= 15 is 0 Å². The Hall–Kier alpha value is -3.85. The van der Waals surface area contributed by atoms with Crippen molar-refractivity contribution < 1.29 is 9.66 Å². The van der Waals surface area contributed by atoms with E-state index in [1.807, 2.05) is 59.2 Å². The van der Waals surface area contributed by atoms with Crippen molar-refractivity contribution in [1.82, 2.24) is 14.8 Å². The zero-order valence-electron chi connectivity index (χ0n) is 17.3. The topological polar surface area (TPSA) is 95.1 Å². The van der Waals surface area contributed by atoms with Gasteiger partial charge in [-0.25, -0.2) is 0 Å². The second-order valence-corrected chi connectivity index (χ2v) is 7.78. The number of hydrogen-bond acceptors (Lipinski definition) is 7. The lowest BCUT2D eigenvalue weighted by atomic mass is 10.2. The largest absolute Gasteiger partial charge is 0.495 e. The first-order valence-corrected chi connectivity index (χ1v) is 10.9. The van der Waals surface area contributed by atoms with Crippen molar-refractivity contribution in [1.29, 1.82) is 0 Å². The highest BCUT2D eigenvalue weighted by Gasteiger charge is 2.15. The van der Waals surface area contributed by atoms with Gasteiger partial charge in [-0.15, -0.1) is 10.2 Å². The Morgan fingerprint density at radius 1 is 1.00 bits per heavy atom. The molecule has 0 aliphatic heterocycles. The molecule has 1 N–H and O–H groups in total. The minimum absolute atomic E-state index is 0.0795. The van der Waals surface area contributed by atoms with Crippen LogP contribution in [0.4, 0.5) is 11.4 Å². The van der Waals surface area contributed by atoms with Gasteiger partial charge in [0.25, 0.3) is 5.69 Å².